The Morgan fingerprint density at radius 3 is 2.39 bits per heavy atom. The third-order valence-corrected chi connectivity index (χ3v) is 2.71. The van der Waals surface area contributed by atoms with Crippen molar-refractivity contribution < 1.29 is 9.18 Å². The van der Waals surface area contributed by atoms with Crippen molar-refractivity contribution in [3.8, 4) is 0 Å². The summed E-state index contributed by atoms with van der Waals surface area (Å²) >= 11 is 0. The van der Waals surface area contributed by atoms with Crippen LogP contribution >= 0.6 is 0 Å². The Hall–Kier alpha value is -2.36. The highest BCUT2D eigenvalue weighted by molar-refractivity contribution is 6.09. The van der Waals surface area contributed by atoms with Crippen molar-refractivity contribution in [3.63, 3.8) is 0 Å². The van der Waals surface area contributed by atoms with Crippen molar-refractivity contribution in [2.45, 2.75) is 0 Å². The number of carbonyl (C=O) groups is 1. The Labute approximate surface area is 105 Å². The average molecular weight is 244 g/mol. The first kappa shape index (κ1) is 12.1. The summed E-state index contributed by atoms with van der Waals surface area (Å²) in [4.78, 5) is 13.6. The maximum absolute atomic E-state index is 13.6. The molecule has 0 spiro atoms. The first-order chi connectivity index (χ1) is 8.61. The Morgan fingerprint density at radius 2 is 1.78 bits per heavy atom. The number of benzene rings is 2. The molecular weight excluding hydrogens is 231 g/mol. The van der Waals surface area contributed by atoms with Gasteiger partial charge in [0.15, 0.2) is 0 Å². The van der Waals surface area contributed by atoms with E-state index in [4.69, 9.17) is 5.73 Å². The summed E-state index contributed by atoms with van der Waals surface area (Å²) in [5.74, 6) is -1.07. The van der Waals surface area contributed by atoms with Gasteiger partial charge in [0.1, 0.15) is 5.82 Å². The fourth-order valence-electron chi connectivity index (χ4n) is 1.70. The molecule has 0 atom stereocenters. The maximum atomic E-state index is 13.6. The van der Waals surface area contributed by atoms with Crippen LogP contribution in [-0.4, -0.2) is 13.0 Å². The molecule has 3 nitrogen and oxygen atoms in total. The lowest BCUT2D eigenvalue weighted by atomic mass is 10.1. The number of nitrogens with two attached hydrogens (primary N) is 1. The molecule has 0 saturated heterocycles. The summed E-state index contributed by atoms with van der Waals surface area (Å²) < 4.78 is 13.6. The van der Waals surface area contributed by atoms with E-state index in [1.807, 2.05) is 18.2 Å². The van der Waals surface area contributed by atoms with Crippen molar-refractivity contribution in [3.05, 3.63) is 59.9 Å². The van der Waals surface area contributed by atoms with E-state index in [0.29, 0.717) is 5.69 Å². The Bertz CT molecular complexity index is 549. The number of nitrogens with zero attached hydrogens (tertiary/aromatic N) is 1. The zero-order valence-electron chi connectivity index (χ0n) is 9.93. The molecular formula is C14H13FN2O. The van der Waals surface area contributed by atoms with Crippen LogP contribution in [0.2, 0.25) is 0 Å². The summed E-state index contributed by atoms with van der Waals surface area (Å²) in [6.07, 6.45) is 0. The van der Waals surface area contributed by atoms with Gasteiger partial charge in [0, 0.05) is 18.4 Å². The number of hydrogen-bond donors (Lipinski definition) is 1. The smallest absolute Gasteiger partial charge is 0.263 e. The summed E-state index contributed by atoms with van der Waals surface area (Å²) in [5, 5.41) is 0. The predicted molar refractivity (Wildman–Crippen MR) is 70.0 cm³/mol. The fourth-order valence-corrected chi connectivity index (χ4v) is 1.70. The molecule has 0 saturated carbocycles. The lowest BCUT2D eigenvalue weighted by Gasteiger charge is -2.18. The summed E-state index contributed by atoms with van der Waals surface area (Å²) in [6.45, 7) is 0. The molecule has 0 aliphatic rings. The quantitative estimate of drug-likeness (QED) is 0.825. The minimum absolute atomic E-state index is 0.0937. The molecule has 4 heteroatoms. The number of amides is 1. The molecule has 0 bridgehead atoms. The molecule has 18 heavy (non-hydrogen) atoms. The van der Waals surface area contributed by atoms with Crippen LogP contribution in [-0.2, 0) is 0 Å². The van der Waals surface area contributed by atoms with Crippen LogP contribution in [0.1, 0.15) is 10.4 Å². The average Bonchev–Trinajstić information content (AvgIpc) is 2.38. The van der Waals surface area contributed by atoms with Gasteiger partial charge in [-0.25, -0.2) is 4.39 Å². The first-order valence-electron chi connectivity index (χ1n) is 5.48. The Balaban J connectivity index is 2.38. The molecule has 2 rings (SSSR count). The molecule has 2 aromatic rings. The molecule has 0 aromatic heterocycles. The highest BCUT2D eigenvalue weighted by Gasteiger charge is 2.19. The van der Waals surface area contributed by atoms with E-state index in [2.05, 4.69) is 0 Å². The van der Waals surface area contributed by atoms with E-state index in [-0.39, 0.29) is 11.3 Å². The molecule has 0 unspecified atom stereocenters. The molecule has 92 valence electrons. The number of nitrogen functional groups attached to an aromatic ring is 1. The highest BCUT2D eigenvalue weighted by atomic mass is 19.1. The van der Waals surface area contributed by atoms with Gasteiger partial charge in [-0.05, 0) is 24.3 Å². The van der Waals surface area contributed by atoms with E-state index in [1.165, 1.54) is 23.1 Å². The second-order valence-electron chi connectivity index (χ2n) is 3.90. The van der Waals surface area contributed by atoms with Gasteiger partial charge in [-0.15, -0.1) is 0 Å². The highest BCUT2D eigenvalue weighted by Crippen LogP contribution is 2.20. The van der Waals surface area contributed by atoms with Crippen LogP contribution in [0.3, 0.4) is 0 Å². The van der Waals surface area contributed by atoms with E-state index < -0.39 is 11.7 Å². The van der Waals surface area contributed by atoms with Crippen molar-refractivity contribution in [2.75, 3.05) is 17.7 Å². The van der Waals surface area contributed by atoms with Crippen LogP contribution < -0.4 is 10.6 Å². The molecule has 0 aliphatic carbocycles. The standard InChI is InChI=1S/C14H13FN2O/c1-17(10-6-3-2-4-7-10)14(18)13-11(15)8-5-9-12(13)16/h2-9H,16H2,1H3. The molecule has 0 aliphatic heterocycles. The van der Waals surface area contributed by atoms with Crippen LogP contribution in [0.5, 0.6) is 0 Å². The Morgan fingerprint density at radius 1 is 1.11 bits per heavy atom. The van der Waals surface area contributed by atoms with Gasteiger partial charge < -0.3 is 10.6 Å². The monoisotopic (exact) mass is 244 g/mol. The topological polar surface area (TPSA) is 46.3 Å². The largest absolute Gasteiger partial charge is 0.398 e. The number of carbonyl (C=O) groups excluding carboxylic acids is 1. The molecule has 0 radical (unpaired) electrons. The van der Waals surface area contributed by atoms with Crippen molar-refractivity contribution >= 4 is 17.3 Å². The lowest BCUT2D eigenvalue weighted by molar-refractivity contribution is 0.0990. The number of hydrogen-bond acceptors (Lipinski definition) is 2. The normalized spacial score (nSPS) is 10.1. The van der Waals surface area contributed by atoms with Gasteiger partial charge in [-0.2, -0.15) is 0 Å². The second kappa shape index (κ2) is 4.87. The maximum Gasteiger partial charge on any atom is 0.263 e. The van der Waals surface area contributed by atoms with E-state index in [9.17, 15) is 9.18 Å². The van der Waals surface area contributed by atoms with Crippen LogP contribution in [0.4, 0.5) is 15.8 Å². The SMILES string of the molecule is CN(C(=O)c1c(N)cccc1F)c1ccccc1. The summed E-state index contributed by atoms with van der Waals surface area (Å²) in [7, 11) is 1.59. The fraction of sp³-hybridized carbons (Fsp3) is 0.0714. The van der Waals surface area contributed by atoms with Crippen molar-refractivity contribution in [2.24, 2.45) is 0 Å². The summed E-state index contributed by atoms with van der Waals surface area (Å²) in [5.41, 5.74) is 6.38. The van der Waals surface area contributed by atoms with Crippen molar-refractivity contribution in [1.82, 2.24) is 0 Å². The van der Waals surface area contributed by atoms with Crippen LogP contribution in [0, 0.1) is 5.82 Å². The van der Waals surface area contributed by atoms with Gasteiger partial charge in [0.25, 0.3) is 5.91 Å². The molecule has 1 amide bonds. The first-order valence-corrected chi connectivity index (χ1v) is 5.48. The minimum Gasteiger partial charge on any atom is -0.398 e. The van der Waals surface area contributed by atoms with Gasteiger partial charge in [-0.1, -0.05) is 24.3 Å². The lowest BCUT2D eigenvalue weighted by Crippen LogP contribution is -2.27. The summed E-state index contributed by atoms with van der Waals surface area (Å²) in [6, 6.07) is 13.2. The van der Waals surface area contributed by atoms with Gasteiger partial charge in [0.2, 0.25) is 0 Å². The molecule has 0 fully saturated rings. The zero-order chi connectivity index (χ0) is 13.1. The predicted octanol–water partition coefficient (Wildman–Crippen LogP) is 2.68. The molecule has 2 aromatic carbocycles. The second-order valence-corrected chi connectivity index (χ2v) is 3.90. The van der Waals surface area contributed by atoms with Gasteiger partial charge >= 0.3 is 0 Å². The van der Waals surface area contributed by atoms with Gasteiger partial charge in [0.05, 0.1) is 5.56 Å². The minimum atomic E-state index is -0.609. The Kier molecular flexibility index (Phi) is 3.28. The number of para-hydroxylation sites is 1. The van der Waals surface area contributed by atoms with E-state index in [0.717, 1.165) is 0 Å². The van der Waals surface area contributed by atoms with Crippen LogP contribution in [0.15, 0.2) is 48.5 Å². The van der Waals surface area contributed by atoms with Crippen LogP contribution in [0.25, 0.3) is 0 Å². The molecule has 2 N–H and O–H groups in total. The molecule has 0 heterocycles. The van der Waals surface area contributed by atoms with E-state index >= 15 is 0 Å². The van der Waals surface area contributed by atoms with Gasteiger partial charge in [-0.3, -0.25) is 4.79 Å². The third-order valence-electron chi connectivity index (χ3n) is 2.71. The number of rotatable bonds is 2. The zero-order valence-corrected chi connectivity index (χ0v) is 9.93. The third kappa shape index (κ3) is 2.18. The number of anilines is 2. The van der Waals surface area contributed by atoms with E-state index in [1.54, 1.807) is 19.2 Å². The van der Waals surface area contributed by atoms with Crippen molar-refractivity contribution in [1.29, 1.82) is 0 Å². The number of halogens is 1.